The van der Waals surface area contributed by atoms with E-state index in [1.165, 1.54) is 0 Å². The molecule has 0 aliphatic heterocycles. The molecule has 0 unspecified atom stereocenters. The Morgan fingerprint density at radius 3 is 2.63 bits per heavy atom. The Hall–Kier alpha value is -2.10. The topological polar surface area (TPSA) is 42.4 Å². The number of pyridine rings is 1. The molecule has 0 fully saturated rings. The zero-order chi connectivity index (χ0) is 13.8. The summed E-state index contributed by atoms with van der Waals surface area (Å²) in [7, 11) is 1.63. The molecule has 0 amide bonds. The van der Waals surface area contributed by atoms with Gasteiger partial charge in [-0.3, -0.25) is 4.79 Å². The highest BCUT2D eigenvalue weighted by Gasteiger charge is 2.13. The molecule has 0 radical (unpaired) electrons. The lowest BCUT2D eigenvalue weighted by atomic mass is 10.1. The van der Waals surface area contributed by atoms with Gasteiger partial charge in [-0.05, 0) is 26.0 Å². The van der Waals surface area contributed by atoms with Crippen LogP contribution in [0.15, 0.2) is 24.3 Å². The minimum Gasteiger partial charge on any atom is -0.494 e. The lowest BCUT2D eigenvalue weighted by molar-refractivity contribution is 0.112. The van der Waals surface area contributed by atoms with Crippen molar-refractivity contribution in [2.24, 2.45) is 0 Å². The Kier molecular flexibility index (Phi) is 4.00. The summed E-state index contributed by atoms with van der Waals surface area (Å²) in [6.45, 7) is 5.72. The number of aldehydes is 1. The third-order valence-electron chi connectivity index (χ3n) is 3.23. The van der Waals surface area contributed by atoms with Gasteiger partial charge in [-0.15, -0.1) is 0 Å². The fourth-order valence-corrected chi connectivity index (χ4v) is 2.21. The molecule has 0 N–H and O–H groups in total. The van der Waals surface area contributed by atoms with Gasteiger partial charge in [0.15, 0.2) is 6.29 Å². The van der Waals surface area contributed by atoms with E-state index in [-0.39, 0.29) is 0 Å². The van der Waals surface area contributed by atoms with Crippen LogP contribution in [-0.2, 0) is 0 Å². The Balaban J connectivity index is 2.71. The van der Waals surface area contributed by atoms with Crippen molar-refractivity contribution in [1.29, 1.82) is 0 Å². The van der Waals surface area contributed by atoms with E-state index in [0.29, 0.717) is 5.56 Å². The van der Waals surface area contributed by atoms with Crippen LogP contribution in [0.2, 0.25) is 0 Å². The highest BCUT2D eigenvalue weighted by Crippen LogP contribution is 2.28. The van der Waals surface area contributed by atoms with Crippen molar-refractivity contribution in [3.63, 3.8) is 0 Å². The van der Waals surface area contributed by atoms with Gasteiger partial charge in [0.25, 0.3) is 0 Å². The average molecular weight is 258 g/mol. The second-order valence-corrected chi connectivity index (χ2v) is 4.22. The molecule has 0 bridgehead atoms. The largest absolute Gasteiger partial charge is 0.494 e. The summed E-state index contributed by atoms with van der Waals surface area (Å²) < 4.78 is 5.33. The molecule has 0 atom stereocenters. The van der Waals surface area contributed by atoms with Crippen LogP contribution in [0.25, 0.3) is 10.9 Å². The summed E-state index contributed by atoms with van der Waals surface area (Å²) in [5.74, 6) is 1.44. The molecule has 1 aromatic heterocycles. The van der Waals surface area contributed by atoms with Crippen LogP contribution >= 0.6 is 0 Å². The number of rotatable bonds is 5. The average Bonchev–Trinajstić information content (AvgIpc) is 2.47. The molecule has 1 heterocycles. The maximum absolute atomic E-state index is 11.3. The number of carbonyl (C=O) groups is 1. The van der Waals surface area contributed by atoms with Crippen LogP contribution in [-0.4, -0.2) is 31.5 Å². The third kappa shape index (κ3) is 2.38. The Morgan fingerprint density at radius 2 is 2.05 bits per heavy atom. The quantitative estimate of drug-likeness (QED) is 0.773. The number of methoxy groups -OCH3 is 1. The molecule has 4 heteroatoms. The van der Waals surface area contributed by atoms with Gasteiger partial charge in [-0.1, -0.05) is 12.1 Å². The van der Waals surface area contributed by atoms with Gasteiger partial charge in [-0.25, -0.2) is 4.98 Å². The zero-order valence-corrected chi connectivity index (χ0v) is 11.5. The van der Waals surface area contributed by atoms with Gasteiger partial charge in [0.1, 0.15) is 17.1 Å². The summed E-state index contributed by atoms with van der Waals surface area (Å²) in [5.41, 5.74) is 1.40. The number of hydrogen-bond acceptors (Lipinski definition) is 4. The molecule has 2 rings (SSSR count). The van der Waals surface area contributed by atoms with E-state index in [1.54, 1.807) is 7.11 Å². The molecule has 2 aromatic rings. The van der Waals surface area contributed by atoms with Crippen molar-refractivity contribution < 1.29 is 9.53 Å². The van der Waals surface area contributed by atoms with Gasteiger partial charge in [0, 0.05) is 18.5 Å². The van der Waals surface area contributed by atoms with Crippen LogP contribution in [0.4, 0.5) is 5.82 Å². The van der Waals surface area contributed by atoms with Crippen LogP contribution in [0.5, 0.6) is 5.75 Å². The highest BCUT2D eigenvalue weighted by molar-refractivity contribution is 5.94. The maximum Gasteiger partial charge on any atom is 0.153 e. The third-order valence-corrected chi connectivity index (χ3v) is 3.23. The molecule has 1 aromatic carbocycles. The van der Waals surface area contributed by atoms with E-state index in [1.807, 2.05) is 38.1 Å². The maximum atomic E-state index is 11.3. The van der Waals surface area contributed by atoms with E-state index in [9.17, 15) is 4.79 Å². The van der Waals surface area contributed by atoms with Gasteiger partial charge in [0.2, 0.25) is 0 Å². The van der Waals surface area contributed by atoms with E-state index in [2.05, 4.69) is 9.88 Å². The monoisotopic (exact) mass is 258 g/mol. The van der Waals surface area contributed by atoms with E-state index < -0.39 is 0 Å². The molecular formula is C15H18N2O2. The number of fused-ring (bicyclic) bond motifs is 1. The lowest BCUT2D eigenvalue weighted by Crippen LogP contribution is -2.24. The first-order valence-electron chi connectivity index (χ1n) is 6.43. The van der Waals surface area contributed by atoms with Gasteiger partial charge >= 0.3 is 0 Å². The Labute approximate surface area is 113 Å². The van der Waals surface area contributed by atoms with Crippen molar-refractivity contribution in [2.45, 2.75) is 13.8 Å². The van der Waals surface area contributed by atoms with Crippen molar-refractivity contribution >= 4 is 23.0 Å². The standard InChI is InChI=1S/C15H18N2O2/c1-4-17(5-2)15-12(10-18)9-11-7-6-8-13(19-3)14(11)16-15/h6-10H,4-5H2,1-3H3. The van der Waals surface area contributed by atoms with Crippen molar-refractivity contribution in [3.8, 4) is 5.75 Å². The molecule has 0 spiro atoms. The minimum absolute atomic E-state index is 0.615. The van der Waals surface area contributed by atoms with Gasteiger partial charge in [-0.2, -0.15) is 0 Å². The van der Waals surface area contributed by atoms with Crippen molar-refractivity contribution in [2.75, 3.05) is 25.1 Å². The molecule has 0 aliphatic carbocycles. The van der Waals surface area contributed by atoms with Crippen LogP contribution < -0.4 is 9.64 Å². The summed E-state index contributed by atoms with van der Waals surface area (Å²) in [6, 6.07) is 7.58. The smallest absolute Gasteiger partial charge is 0.153 e. The molecule has 4 nitrogen and oxygen atoms in total. The fourth-order valence-electron chi connectivity index (χ4n) is 2.21. The van der Waals surface area contributed by atoms with Gasteiger partial charge in [0.05, 0.1) is 12.7 Å². The molecule has 0 saturated heterocycles. The van der Waals surface area contributed by atoms with E-state index in [4.69, 9.17) is 4.74 Å². The first-order chi connectivity index (χ1) is 9.24. The van der Waals surface area contributed by atoms with E-state index >= 15 is 0 Å². The number of benzene rings is 1. The second-order valence-electron chi connectivity index (χ2n) is 4.22. The number of hydrogen-bond donors (Lipinski definition) is 0. The summed E-state index contributed by atoms with van der Waals surface area (Å²) >= 11 is 0. The van der Waals surface area contributed by atoms with Crippen LogP contribution in [0.3, 0.4) is 0 Å². The molecular weight excluding hydrogens is 240 g/mol. The second kappa shape index (κ2) is 5.69. The first kappa shape index (κ1) is 13.3. The Bertz CT molecular complexity index is 592. The number of ether oxygens (including phenoxy) is 1. The summed E-state index contributed by atoms with van der Waals surface area (Å²) in [4.78, 5) is 18.0. The number of nitrogens with zero attached hydrogens (tertiary/aromatic N) is 2. The number of para-hydroxylation sites is 1. The zero-order valence-electron chi connectivity index (χ0n) is 11.5. The molecule has 0 saturated carbocycles. The van der Waals surface area contributed by atoms with Crippen LogP contribution in [0.1, 0.15) is 24.2 Å². The number of carbonyl (C=O) groups excluding carboxylic acids is 1. The minimum atomic E-state index is 0.615. The molecule has 0 aliphatic rings. The van der Waals surface area contributed by atoms with Crippen LogP contribution in [0, 0.1) is 0 Å². The Morgan fingerprint density at radius 1 is 1.32 bits per heavy atom. The van der Waals surface area contributed by atoms with Crippen molar-refractivity contribution in [3.05, 3.63) is 29.8 Å². The lowest BCUT2D eigenvalue weighted by Gasteiger charge is -2.22. The number of aromatic nitrogens is 1. The molecule has 100 valence electrons. The SMILES string of the molecule is CCN(CC)c1nc2c(OC)cccc2cc1C=O. The highest BCUT2D eigenvalue weighted by atomic mass is 16.5. The predicted octanol–water partition coefficient (Wildman–Crippen LogP) is 2.90. The number of anilines is 1. The van der Waals surface area contributed by atoms with Gasteiger partial charge < -0.3 is 9.64 Å². The summed E-state index contributed by atoms with van der Waals surface area (Å²) in [6.07, 6.45) is 0.861. The summed E-state index contributed by atoms with van der Waals surface area (Å²) in [5, 5.41) is 0.914. The normalized spacial score (nSPS) is 10.5. The first-order valence-corrected chi connectivity index (χ1v) is 6.43. The van der Waals surface area contributed by atoms with Crippen molar-refractivity contribution in [1.82, 2.24) is 4.98 Å². The molecule has 19 heavy (non-hydrogen) atoms. The predicted molar refractivity (Wildman–Crippen MR) is 77.2 cm³/mol. The van der Waals surface area contributed by atoms with E-state index in [0.717, 1.165) is 41.8 Å². The fraction of sp³-hybridized carbons (Fsp3) is 0.333.